The Hall–Kier alpha value is -3.56. The quantitative estimate of drug-likeness (QED) is 0.563. The summed E-state index contributed by atoms with van der Waals surface area (Å²) in [6.07, 6.45) is -0.112. The number of carbonyl (C=O) groups excluding carboxylic acids is 4. The van der Waals surface area contributed by atoms with Gasteiger partial charge in [0.25, 0.3) is 11.8 Å². The van der Waals surface area contributed by atoms with Gasteiger partial charge in [0.2, 0.25) is 11.8 Å². The molecule has 10 nitrogen and oxygen atoms in total. The maximum absolute atomic E-state index is 12.1. The Bertz CT molecular complexity index is 749. The van der Waals surface area contributed by atoms with Crippen molar-refractivity contribution in [1.82, 2.24) is 10.6 Å². The molecule has 4 N–H and O–H groups in total. The molecule has 0 aliphatic heterocycles. The van der Waals surface area contributed by atoms with Crippen molar-refractivity contribution in [2.75, 3.05) is 0 Å². The van der Waals surface area contributed by atoms with Crippen LogP contribution in [0.1, 0.15) is 68.1 Å². The molecule has 0 aliphatic rings. The van der Waals surface area contributed by atoms with E-state index in [1.54, 1.807) is 0 Å². The Morgan fingerprint density at radius 3 is 1.27 bits per heavy atom. The first kappa shape index (κ1) is 20.5. The van der Waals surface area contributed by atoms with Crippen LogP contribution in [-0.2, 0) is 9.59 Å². The molecule has 0 aliphatic carbocycles. The van der Waals surface area contributed by atoms with Gasteiger partial charge in [0, 0.05) is 12.8 Å². The van der Waals surface area contributed by atoms with Gasteiger partial charge in [-0.15, -0.1) is 0 Å². The third kappa shape index (κ3) is 4.72. The van der Waals surface area contributed by atoms with Gasteiger partial charge in [-0.05, 0) is 12.1 Å². The van der Waals surface area contributed by atoms with Gasteiger partial charge in [0.15, 0.2) is 0 Å². The minimum Gasteiger partial charge on any atom is -0.478 e. The fourth-order valence-corrected chi connectivity index (χ4v) is 1.89. The van der Waals surface area contributed by atoms with Crippen molar-refractivity contribution in [3.63, 3.8) is 0 Å². The normalized spacial score (nSPS) is 9.92. The van der Waals surface area contributed by atoms with Crippen molar-refractivity contribution in [3.05, 3.63) is 34.4 Å². The third-order valence-electron chi connectivity index (χ3n) is 3.26. The average Bonchev–Trinajstić information content (AvgIpc) is 2.59. The van der Waals surface area contributed by atoms with Crippen LogP contribution in [-0.4, -0.2) is 45.8 Å². The number of carbonyl (C=O) groups is 6. The van der Waals surface area contributed by atoms with Gasteiger partial charge < -0.3 is 10.2 Å². The molecule has 1 rings (SSSR count). The van der Waals surface area contributed by atoms with E-state index in [1.807, 2.05) is 10.6 Å². The van der Waals surface area contributed by atoms with Crippen LogP contribution in [0.2, 0.25) is 0 Å². The molecule has 138 valence electrons. The van der Waals surface area contributed by atoms with Crippen molar-refractivity contribution in [1.29, 1.82) is 0 Å². The van der Waals surface area contributed by atoms with E-state index in [4.69, 9.17) is 0 Å². The lowest BCUT2D eigenvalue weighted by Gasteiger charge is -2.12. The van der Waals surface area contributed by atoms with Crippen molar-refractivity contribution >= 4 is 35.6 Å². The molecule has 4 amide bonds. The molecule has 0 saturated carbocycles. The summed E-state index contributed by atoms with van der Waals surface area (Å²) in [5.74, 6) is -6.86. The molecule has 0 fully saturated rings. The molecule has 26 heavy (non-hydrogen) atoms. The van der Waals surface area contributed by atoms with Crippen LogP contribution in [0.3, 0.4) is 0 Å². The number of carboxylic acid groups (broad SMARTS) is 2. The Morgan fingerprint density at radius 2 is 1.00 bits per heavy atom. The van der Waals surface area contributed by atoms with E-state index in [1.165, 1.54) is 13.8 Å². The predicted octanol–water partition coefficient (Wildman–Crippen LogP) is 0.416. The van der Waals surface area contributed by atoms with Gasteiger partial charge in [-0.3, -0.25) is 29.8 Å². The van der Waals surface area contributed by atoms with E-state index >= 15 is 0 Å². The number of hydrogen-bond acceptors (Lipinski definition) is 6. The zero-order valence-electron chi connectivity index (χ0n) is 13.9. The summed E-state index contributed by atoms with van der Waals surface area (Å²) in [5, 5.41) is 22.3. The number of aromatic carboxylic acids is 2. The molecule has 0 aromatic heterocycles. The molecule has 0 atom stereocenters. The van der Waals surface area contributed by atoms with E-state index in [-0.39, 0.29) is 12.8 Å². The van der Waals surface area contributed by atoms with Crippen molar-refractivity contribution in [3.8, 4) is 0 Å². The van der Waals surface area contributed by atoms with Gasteiger partial charge in [0.1, 0.15) is 0 Å². The van der Waals surface area contributed by atoms with Crippen LogP contribution in [0.25, 0.3) is 0 Å². The van der Waals surface area contributed by atoms with Gasteiger partial charge in [-0.1, -0.05) is 13.8 Å². The minimum absolute atomic E-state index is 0.0559. The van der Waals surface area contributed by atoms with Crippen LogP contribution in [0, 0.1) is 0 Å². The monoisotopic (exact) mass is 364 g/mol. The van der Waals surface area contributed by atoms with Crippen LogP contribution in [0.15, 0.2) is 12.1 Å². The van der Waals surface area contributed by atoms with E-state index in [0.717, 1.165) is 6.07 Å². The van der Waals surface area contributed by atoms with E-state index in [2.05, 4.69) is 0 Å². The zero-order valence-corrected chi connectivity index (χ0v) is 13.9. The predicted molar refractivity (Wildman–Crippen MR) is 85.9 cm³/mol. The largest absolute Gasteiger partial charge is 0.478 e. The summed E-state index contributed by atoms with van der Waals surface area (Å²) >= 11 is 0. The highest BCUT2D eigenvalue weighted by Gasteiger charge is 2.26. The van der Waals surface area contributed by atoms with Gasteiger partial charge in [0.05, 0.1) is 22.3 Å². The number of carboxylic acids is 2. The topological polar surface area (TPSA) is 167 Å². The third-order valence-corrected chi connectivity index (χ3v) is 3.26. The van der Waals surface area contributed by atoms with Gasteiger partial charge >= 0.3 is 11.9 Å². The maximum Gasteiger partial charge on any atom is 0.336 e. The van der Waals surface area contributed by atoms with E-state index < -0.39 is 57.8 Å². The molecular formula is C16H16N2O8. The van der Waals surface area contributed by atoms with Crippen molar-refractivity contribution in [2.45, 2.75) is 26.7 Å². The lowest BCUT2D eigenvalue weighted by atomic mass is 9.97. The Labute approximate surface area is 147 Å². The average molecular weight is 364 g/mol. The molecule has 10 heteroatoms. The Morgan fingerprint density at radius 1 is 0.692 bits per heavy atom. The highest BCUT2D eigenvalue weighted by atomic mass is 16.4. The van der Waals surface area contributed by atoms with Crippen molar-refractivity contribution in [2.24, 2.45) is 0 Å². The molecule has 0 saturated heterocycles. The van der Waals surface area contributed by atoms with Crippen LogP contribution in [0.5, 0.6) is 0 Å². The number of hydrogen-bond donors (Lipinski definition) is 4. The summed E-state index contributed by atoms with van der Waals surface area (Å²) in [6.45, 7) is 2.92. The minimum atomic E-state index is -1.63. The summed E-state index contributed by atoms with van der Waals surface area (Å²) in [5.41, 5.74) is -2.58. The van der Waals surface area contributed by atoms with Gasteiger partial charge in [-0.25, -0.2) is 9.59 Å². The van der Waals surface area contributed by atoms with E-state index in [9.17, 15) is 39.0 Å². The zero-order chi connectivity index (χ0) is 20.0. The highest BCUT2D eigenvalue weighted by molar-refractivity contribution is 6.15. The van der Waals surface area contributed by atoms with E-state index in [0.29, 0.717) is 6.07 Å². The summed E-state index contributed by atoms with van der Waals surface area (Å²) < 4.78 is 0. The summed E-state index contributed by atoms with van der Waals surface area (Å²) in [7, 11) is 0. The fraction of sp³-hybridized carbons (Fsp3) is 0.250. The fourth-order valence-electron chi connectivity index (χ4n) is 1.89. The highest BCUT2D eigenvalue weighted by Crippen LogP contribution is 2.19. The van der Waals surface area contributed by atoms with Crippen LogP contribution < -0.4 is 10.6 Å². The first-order valence-electron chi connectivity index (χ1n) is 7.45. The first-order chi connectivity index (χ1) is 12.1. The number of nitrogens with one attached hydrogen (secondary N) is 2. The van der Waals surface area contributed by atoms with Crippen LogP contribution >= 0.6 is 0 Å². The molecule has 0 heterocycles. The Kier molecular flexibility index (Phi) is 6.71. The molecular weight excluding hydrogens is 348 g/mol. The maximum atomic E-state index is 12.1. The smallest absolute Gasteiger partial charge is 0.336 e. The van der Waals surface area contributed by atoms with Gasteiger partial charge in [-0.2, -0.15) is 0 Å². The first-order valence-corrected chi connectivity index (χ1v) is 7.45. The number of imide groups is 2. The molecule has 1 aromatic rings. The molecule has 0 unspecified atom stereocenters. The molecule has 0 radical (unpaired) electrons. The molecule has 0 bridgehead atoms. The second-order valence-corrected chi connectivity index (χ2v) is 5.02. The lowest BCUT2D eigenvalue weighted by molar-refractivity contribution is -0.120. The second kappa shape index (κ2) is 8.51. The van der Waals surface area contributed by atoms with Crippen LogP contribution in [0.4, 0.5) is 0 Å². The molecule has 0 spiro atoms. The summed E-state index contributed by atoms with van der Waals surface area (Å²) in [4.78, 5) is 69.7. The standard InChI is InChI=1S/C16H16N2O8/c1-3-11(19)17-13(21)7-5-8(14(22)18-12(20)4-2)10(16(25)26)6-9(7)15(23)24/h5-6H,3-4H2,1-2H3,(H,23,24)(H,25,26)(H,17,19,21)(H,18,20,22). The Balaban J connectivity index is 3.55. The lowest BCUT2D eigenvalue weighted by Crippen LogP contribution is -2.33. The second-order valence-electron chi connectivity index (χ2n) is 5.02. The number of rotatable bonds is 6. The number of benzene rings is 1. The molecule has 1 aromatic carbocycles. The SMILES string of the molecule is CCC(=O)NC(=O)c1cc(C(=O)NC(=O)CC)c(C(=O)O)cc1C(=O)O. The number of amides is 4. The summed E-state index contributed by atoms with van der Waals surface area (Å²) in [6, 6.07) is 1.35. The van der Waals surface area contributed by atoms with Crippen molar-refractivity contribution < 1.29 is 39.0 Å².